The lowest BCUT2D eigenvalue weighted by Crippen LogP contribution is -2.09. The van der Waals surface area contributed by atoms with Gasteiger partial charge in [-0.3, -0.25) is 9.59 Å². The Morgan fingerprint density at radius 1 is 1.62 bits per heavy atom. The first-order valence-electron chi connectivity index (χ1n) is 2.40. The number of primary amides is 1. The van der Waals surface area contributed by atoms with Crippen molar-refractivity contribution in [3.05, 3.63) is 0 Å². The monoisotopic (exact) mass is 114 g/mol. The van der Waals surface area contributed by atoms with Crippen molar-refractivity contribution in [3.8, 4) is 0 Å². The molecular formula is C5H8NO2. The van der Waals surface area contributed by atoms with Crippen LogP contribution in [0.25, 0.3) is 0 Å². The molecule has 0 spiro atoms. The molecule has 45 valence electrons. The second-order valence-corrected chi connectivity index (χ2v) is 1.46. The largest absolute Gasteiger partial charge is 0.370 e. The number of amides is 1. The Kier molecular flexibility index (Phi) is 3.84. The minimum atomic E-state index is -0.361. The zero-order valence-electron chi connectivity index (χ0n) is 4.52. The van der Waals surface area contributed by atoms with Crippen LogP contribution in [0.3, 0.4) is 0 Å². The van der Waals surface area contributed by atoms with Crippen molar-refractivity contribution in [1.29, 1.82) is 0 Å². The summed E-state index contributed by atoms with van der Waals surface area (Å²) in [5.41, 5.74) is 4.76. The van der Waals surface area contributed by atoms with E-state index in [1.807, 2.05) is 0 Å². The van der Waals surface area contributed by atoms with Crippen LogP contribution in [0.4, 0.5) is 0 Å². The smallest absolute Gasteiger partial charge is 0.217 e. The first-order valence-corrected chi connectivity index (χ1v) is 2.40. The minimum absolute atomic E-state index is 0.287. The van der Waals surface area contributed by atoms with Crippen LogP contribution in [0, 0.1) is 0 Å². The van der Waals surface area contributed by atoms with Crippen LogP contribution in [0.1, 0.15) is 19.3 Å². The molecule has 0 heterocycles. The molecule has 2 N–H and O–H groups in total. The molecule has 0 aromatic rings. The number of rotatable bonds is 4. The van der Waals surface area contributed by atoms with Crippen molar-refractivity contribution >= 4 is 12.2 Å². The van der Waals surface area contributed by atoms with Gasteiger partial charge in [0.15, 0.2) is 6.29 Å². The fourth-order valence-electron chi connectivity index (χ4n) is 0.335. The molecular weight excluding hydrogens is 106 g/mol. The van der Waals surface area contributed by atoms with E-state index < -0.39 is 0 Å². The van der Waals surface area contributed by atoms with Gasteiger partial charge >= 0.3 is 0 Å². The molecule has 0 rings (SSSR count). The van der Waals surface area contributed by atoms with E-state index in [0.717, 1.165) is 0 Å². The number of hydrogen-bond acceptors (Lipinski definition) is 2. The SMILES string of the molecule is NC(=O)CCC[C]=O. The number of carbonyl (C=O) groups excluding carboxylic acids is 2. The number of unbranched alkanes of at least 4 members (excludes halogenated alkanes) is 1. The molecule has 0 aromatic carbocycles. The third-order valence-electron chi connectivity index (χ3n) is 0.702. The lowest BCUT2D eigenvalue weighted by molar-refractivity contribution is -0.118. The summed E-state index contributed by atoms with van der Waals surface area (Å²) in [5.74, 6) is -0.361. The van der Waals surface area contributed by atoms with E-state index >= 15 is 0 Å². The maximum atomic E-state index is 9.97. The number of nitrogens with two attached hydrogens (primary N) is 1. The first kappa shape index (κ1) is 7.14. The molecule has 3 nitrogen and oxygen atoms in total. The van der Waals surface area contributed by atoms with E-state index in [0.29, 0.717) is 12.8 Å². The topological polar surface area (TPSA) is 60.2 Å². The summed E-state index contributed by atoms with van der Waals surface area (Å²) in [6.45, 7) is 0. The lowest BCUT2D eigenvalue weighted by Gasteiger charge is -1.85. The number of hydrogen-bond donors (Lipinski definition) is 1. The third kappa shape index (κ3) is 5.14. The molecule has 3 heteroatoms. The van der Waals surface area contributed by atoms with Gasteiger partial charge in [0.25, 0.3) is 0 Å². The summed E-state index contributed by atoms with van der Waals surface area (Å²) in [6.07, 6.45) is 2.79. The van der Waals surface area contributed by atoms with Crippen LogP contribution in [0.2, 0.25) is 0 Å². The van der Waals surface area contributed by atoms with Crippen LogP contribution in [-0.2, 0) is 9.59 Å². The normalized spacial score (nSPS) is 8.50. The van der Waals surface area contributed by atoms with Crippen LogP contribution in [0.5, 0.6) is 0 Å². The highest BCUT2D eigenvalue weighted by Gasteiger charge is 1.91. The van der Waals surface area contributed by atoms with Gasteiger partial charge in [0.1, 0.15) is 0 Å². The van der Waals surface area contributed by atoms with Gasteiger partial charge in [0.05, 0.1) is 0 Å². The molecule has 1 amide bonds. The minimum Gasteiger partial charge on any atom is -0.370 e. The Labute approximate surface area is 47.9 Å². The molecule has 0 saturated heterocycles. The average Bonchev–Trinajstić information content (AvgIpc) is 1.66. The van der Waals surface area contributed by atoms with Gasteiger partial charge in [-0.15, -0.1) is 0 Å². The third-order valence-corrected chi connectivity index (χ3v) is 0.702. The molecule has 0 aliphatic rings. The second kappa shape index (κ2) is 4.30. The summed E-state index contributed by atoms with van der Waals surface area (Å²) >= 11 is 0. The molecule has 0 aliphatic carbocycles. The van der Waals surface area contributed by atoms with E-state index in [1.165, 1.54) is 0 Å². The fraction of sp³-hybridized carbons (Fsp3) is 0.600. The van der Waals surface area contributed by atoms with Crippen molar-refractivity contribution in [3.63, 3.8) is 0 Å². The second-order valence-electron chi connectivity index (χ2n) is 1.46. The highest BCUT2D eigenvalue weighted by molar-refractivity contribution is 5.73. The molecule has 0 fully saturated rings. The van der Waals surface area contributed by atoms with Crippen molar-refractivity contribution in [2.24, 2.45) is 5.73 Å². The summed E-state index contributed by atoms with van der Waals surface area (Å²) in [4.78, 5) is 19.5. The molecule has 0 saturated carbocycles. The van der Waals surface area contributed by atoms with Crippen LogP contribution < -0.4 is 5.73 Å². The number of carbonyl (C=O) groups is 1. The average molecular weight is 114 g/mol. The highest BCUT2D eigenvalue weighted by atomic mass is 16.1. The Morgan fingerprint density at radius 2 is 2.25 bits per heavy atom. The molecule has 0 aromatic heterocycles. The molecule has 8 heavy (non-hydrogen) atoms. The molecule has 0 bridgehead atoms. The van der Waals surface area contributed by atoms with Crippen LogP contribution in [0.15, 0.2) is 0 Å². The van der Waals surface area contributed by atoms with Gasteiger partial charge in [-0.2, -0.15) is 0 Å². The van der Waals surface area contributed by atoms with E-state index in [4.69, 9.17) is 5.73 Å². The van der Waals surface area contributed by atoms with Crippen LogP contribution >= 0.6 is 0 Å². The predicted molar refractivity (Wildman–Crippen MR) is 28.7 cm³/mol. The summed E-state index contributed by atoms with van der Waals surface area (Å²) in [5, 5.41) is 0. The zero-order chi connectivity index (χ0) is 6.41. The van der Waals surface area contributed by atoms with Crippen LogP contribution in [-0.4, -0.2) is 12.2 Å². The van der Waals surface area contributed by atoms with E-state index in [9.17, 15) is 9.59 Å². The van der Waals surface area contributed by atoms with Crippen molar-refractivity contribution in [1.82, 2.24) is 0 Å². The zero-order valence-corrected chi connectivity index (χ0v) is 4.52. The van der Waals surface area contributed by atoms with E-state index in [2.05, 4.69) is 0 Å². The van der Waals surface area contributed by atoms with Gasteiger partial charge in [-0.1, -0.05) is 0 Å². The van der Waals surface area contributed by atoms with Gasteiger partial charge in [-0.25, -0.2) is 0 Å². The Balaban J connectivity index is 2.93. The maximum Gasteiger partial charge on any atom is 0.217 e. The predicted octanol–water partition coefficient (Wildman–Crippen LogP) is -0.248. The summed E-state index contributed by atoms with van der Waals surface area (Å²) in [7, 11) is 0. The van der Waals surface area contributed by atoms with Crippen molar-refractivity contribution in [2.75, 3.05) is 0 Å². The highest BCUT2D eigenvalue weighted by Crippen LogP contribution is 1.88. The summed E-state index contributed by atoms with van der Waals surface area (Å²) in [6, 6.07) is 0. The summed E-state index contributed by atoms with van der Waals surface area (Å²) < 4.78 is 0. The maximum absolute atomic E-state index is 9.97. The molecule has 0 aliphatic heterocycles. The van der Waals surface area contributed by atoms with Gasteiger partial charge in [0.2, 0.25) is 5.91 Å². The van der Waals surface area contributed by atoms with Crippen molar-refractivity contribution < 1.29 is 9.59 Å². The van der Waals surface area contributed by atoms with Gasteiger partial charge in [-0.05, 0) is 6.42 Å². The Morgan fingerprint density at radius 3 is 2.62 bits per heavy atom. The van der Waals surface area contributed by atoms with Gasteiger partial charge < -0.3 is 5.73 Å². The Hall–Kier alpha value is -0.860. The van der Waals surface area contributed by atoms with E-state index in [1.54, 1.807) is 6.29 Å². The quantitative estimate of drug-likeness (QED) is 0.512. The Bertz CT molecular complexity index is 90.4. The molecule has 0 unspecified atom stereocenters. The van der Waals surface area contributed by atoms with Gasteiger partial charge in [0, 0.05) is 12.8 Å². The fourth-order valence-corrected chi connectivity index (χ4v) is 0.335. The molecule has 1 radical (unpaired) electrons. The standard InChI is InChI=1S/C5H8NO2/c6-5(8)3-1-2-4-7/h1-3H2,(H2,6,8). The molecule has 0 atom stereocenters. The van der Waals surface area contributed by atoms with Crippen molar-refractivity contribution in [2.45, 2.75) is 19.3 Å². The first-order chi connectivity index (χ1) is 3.77. The lowest BCUT2D eigenvalue weighted by atomic mass is 10.2. The van der Waals surface area contributed by atoms with E-state index in [-0.39, 0.29) is 12.3 Å².